The maximum Gasteiger partial charge on any atom is 0.229 e. The molecule has 1 aromatic heterocycles. The summed E-state index contributed by atoms with van der Waals surface area (Å²) in [6.07, 6.45) is 5.78. The lowest BCUT2D eigenvalue weighted by Crippen LogP contribution is -2.34. The van der Waals surface area contributed by atoms with Crippen LogP contribution in [0.1, 0.15) is 36.1 Å². The SMILES string of the molecule is Cl.NC1CCCC(C(=O)Nc2ncc(Cc3ccccc3F)s2)C1. The second kappa shape index (κ2) is 8.55. The summed E-state index contributed by atoms with van der Waals surface area (Å²) in [4.78, 5) is 17.4. The van der Waals surface area contributed by atoms with Crippen LogP contribution in [-0.4, -0.2) is 16.9 Å². The van der Waals surface area contributed by atoms with Gasteiger partial charge in [-0.3, -0.25) is 4.79 Å². The van der Waals surface area contributed by atoms with Crippen molar-refractivity contribution < 1.29 is 9.18 Å². The predicted octanol–water partition coefficient (Wildman–Crippen LogP) is 3.75. The molecule has 130 valence electrons. The molecule has 3 N–H and O–H groups in total. The third-order valence-corrected chi connectivity index (χ3v) is 5.10. The first-order valence-corrected chi connectivity index (χ1v) is 8.68. The van der Waals surface area contributed by atoms with Crippen molar-refractivity contribution in [2.45, 2.75) is 38.1 Å². The van der Waals surface area contributed by atoms with Gasteiger partial charge in [0.25, 0.3) is 0 Å². The van der Waals surface area contributed by atoms with Gasteiger partial charge < -0.3 is 11.1 Å². The molecule has 1 saturated carbocycles. The summed E-state index contributed by atoms with van der Waals surface area (Å²) in [6, 6.07) is 6.81. The number of hydrogen-bond donors (Lipinski definition) is 2. The highest BCUT2D eigenvalue weighted by atomic mass is 35.5. The van der Waals surface area contributed by atoms with Crippen LogP contribution in [0.2, 0.25) is 0 Å². The standard InChI is InChI=1S/C17H20FN3OS.ClH/c18-15-7-2-1-4-11(15)9-14-10-20-17(23-14)21-16(22)12-5-3-6-13(19)8-12;/h1-2,4,7,10,12-13H,3,5-6,8-9,19H2,(H,20,21,22);1H. The van der Waals surface area contributed by atoms with Crippen LogP contribution in [-0.2, 0) is 11.2 Å². The van der Waals surface area contributed by atoms with E-state index in [-0.39, 0.29) is 36.1 Å². The summed E-state index contributed by atoms with van der Waals surface area (Å²) in [5.41, 5.74) is 6.56. The number of carbonyl (C=O) groups excluding carboxylic acids is 1. The molecule has 0 bridgehead atoms. The van der Waals surface area contributed by atoms with Crippen molar-refractivity contribution in [1.82, 2.24) is 4.98 Å². The van der Waals surface area contributed by atoms with Gasteiger partial charge in [0.05, 0.1) is 0 Å². The van der Waals surface area contributed by atoms with Gasteiger partial charge in [-0.2, -0.15) is 0 Å². The van der Waals surface area contributed by atoms with E-state index in [0.717, 1.165) is 30.6 Å². The number of rotatable bonds is 4. The molecule has 2 unspecified atom stereocenters. The summed E-state index contributed by atoms with van der Waals surface area (Å²) in [6.45, 7) is 0. The topological polar surface area (TPSA) is 68.0 Å². The third-order valence-electron chi connectivity index (χ3n) is 4.19. The van der Waals surface area contributed by atoms with Crippen LogP contribution in [0.25, 0.3) is 0 Å². The van der Waals surface area contributed by atoms with Crippen molar-refractivity contribution in [3.8, 4) is 0 Å². The molecule has 1 aromatic carbocycles. The van der Waals surface area contributed by atoms with E-state index in [9.17, 15) is 9.18 Å². The quantitative estimate of drug-likeness (QED) is 0.862. The van der Waals surface area contributed by atoms with E-state index in [1.54, 1.807) is 18.3 Å². The lowest BCUT2D eigenvalue weighted by atomic mass is 9.86. The van der Waals surface area contributed by atoms with E-state index in [1.165, 1.54) is 17.4 Å². The van der Waals surface area contributed by atoms with Gasteiger partial charge in [0, 0.05) is 29.5 Å². The third kappa shape index (κ3) is 4.75. The fourth-order valence-electron chi connectivity index (χ4n) is 2.95. The van der Waals surface area contributed by atoms with Gasteiger partial charge >= 0.3 is 0 Å². The average Bonchev–Trinajstić information content (AvgIpc) is 2.97. The molecule has 7 heteroatoms. The number of halogens is 2. The maximum absolute atomic E-state index is 13.7. The number of aromatic nitrogens is 1. The van der Waals surface area contributed by atoms with Crippen LogP contribution in [0.3, 0.4) is 0 Å². The number of benzene rings is 1. The summed E-state index contributed by atoms with van der Waals surface area (Å²) in [5.74, 6) is -0.257. The monoisotopic (exact) mass is 369 g/mol. The first-order chi connectivity index (χ1) is 11.1. The zero-order valence-corrected chi connectivity index (χ0v) is 14.8. The zero-order chi connectivity index (χ0) is 16.2. The summed E-state index contributed by atoms with van der Waals surface area (Å²) in [5, 5.41) is 3.44. The molecule has 1 aliphatic rings. The van der Waals surface area contributed by atoms with Crippen molar-refractivity contribution in [3.05, 3.63) is 46.7 Å². The Kier molecular flexibility index (Phi) is 6.71. The molecule has 0 saturated heterocycles. The van der Waals surface area contributed by atoms with Crippen molar-refractivity contribution in [2.75, 3.05) is 5.32 Å². The van der Waals surface area contributed by atoms with Crippen molar-refractivity contribution in [3.63, 3.8) is 0 Å². The Balaban J connectivity index is 0.00000208. The second-order valence-corrected chi connectivity index (χ2v) is 7.13. The molecule has 1 aliphatic carbocycles. The molecule has 1 heterocycles. The van der Waals surface area contributed by atoms with Crippen LogP contribution in [0, 0.1) is 11.7 Å². The number of amides is 1. The maximum atomic E-state index is 13.7. The minimum absolute atomic E-state index is 0. The van der Waals surface area contributed by atoms with Crippen molar-refractivity contribution >= 4 is 34.8 Å². The summed E-state index contributed by atoms with van der Waals surface area (Å²) >= 11 is 1.39. The fraction of sp³-hybridized carbons (Fsp3) is 0.412. The number of carbonyl (C=O) groups is 1. The number of nitrogens with one attached hydrogen (secondary N) is 1. The van der Waals surface area contributed by atoms with Gasteiger partial charge in [-0.05, 0) is 30.9 Å². The van der Waals surface area contributed by atoms with Crippen LogP contribution in [0.4, 0.5) is 9.52 Å². The molecule has 0 aliphatic heterocycles. The number of nitrogens with zero attached hydrogens (tertiary/aromatic N) is 1. The number of hydrogen-bond acceptors (Lipinski definition) is 4. The molecule has 2 aromatic rings. The molecule has 2 atom stereocenters. The Labute approximate surface area is 151 Å². The van der Waals surface area contributed by atoms with Crippen molar-refractivity contribution in [2.24, 2.45) is 11.7 Å². The van der Waals surface area contributed by atoms with E-state index in [2.05, 4.69) is 10.3 Å². The Morgan fingerprint density at radius 3 is 2.92 bits per heavy atom. The van der Waals surface area contributed by atoms with Crippen LogP contribution >= 0.6 is 23.7 Å². The first-order valence-electron chi connectivity index (χ1n) is 7.86. The lowest BCUT2D eigenvalue weighted by Gasteiger charge is -2.25. The number of nitrogens with two attached hydrogens (primary N) is 1. The molecule has 0 radical (unpaired) electrons. The highest BCUT2D eigenvalue weighted by Crippen LogP contribution is 2.26. The normalized spacial score (nSPS) is 20.2. The second-order valence-electron chi connectivity index (χ2n) is 6.01. The van der Waals surface area contributed by atoms with E-state index < -0.39 is 0 Å². The van der Waals surface area contributed by atoms with Gasteiger partial charge in [-0.25, -0.2) is 9.37 Å². The van der Waals surface area contributed by atoms with E-state index in [0.29, 0.717) is 17.1 Å². The Hall–Kier alpha value is -1.50. The Bertz CT molecular complexity index is 694. The van der Waals surface area contributed by atoms with Gasteiger partial charge in [0.1, 0.15) is 5.82 Å². The van der Waals surface area contributed by atoms with Gasteiger partial charge in [0.15, 0.2) is 5.13 Å². The number of anilines is 1. The van der Waals surface area contributed by atoms with Gasteiger partial charge in [0.2, 0.25) is 5.91 Å². The molecular weight excluding hydrogens is 349 g/mol. The van der Waals surface area contributed by atoms with Crippen molar-refractivity contribution in [1.29, 1.82) is 0 Å². The predicted molar refractivity (Wildman–Crippen MR) is 97.1 cm³/mol. The highest BCUT2D eigenvalue weighted by molar-refractivity contribution is 7.15. The molecule has 1 amide bonds. The van der Waals surface area contributed by atoms with Crippen LogP contribution in [0.5, 0.6) is 0 Å². The lowest BCUT2D eigenvalue weighted by molar-refractivity contribution is -0.120. The van der Waals surface area contributed by atoms with Crippen LogP contribution in [0.15, 0.2) is 30.5 Å². The average molecular weight is 370 g/mol. The molecule has 24 heavy (non-hydrogen) atoms. The number of thiazole rings is 1. The minimum atomic E-state index is -0.220. The molecule has 0 spiro atoms. The Morgan fingerprint density at radius 2 is 2.17 bits per heavy atom. The van der Waals surface area contributed by atoms with Gasteiger partial charge in [-0.15, -0.1) is 23.7 Å². The zero-order valence-electron chi connectivity index (χ0n) is 13.2. The van der Waals surface area contributed by atoms with Gasteiger partial charge in [-0.1, -0.05) is 24.6 Å². The highest BCUT2D eigenvalue weighted by Gasteiger charge is 2.25. The first kappa shape index (κ1) is 18.8. The largest absolute Gasteiger partial charge is 0.328 e. The minimum Gasteiger partial charge on any atom is -0.328 e. The fourth-order valence-corrected chi connectivity index (χ4v) is 3.79. The molecule has 4 nitrogen and oxygen atoms in total. The molecular formula is C17H21ClFN3OS. The Morgan fingerprint density at radius 1 is 1.38 bits per heavy atom. The summed E-state index contributed by atoms with van der Waals surface area (Å²) < 4.78 is 13.7. The molecule has 1 fully saturated rings. The molecule has 3 rings (SSSR count). The van der Waals surface area contributed by atoms with E-state index >= 15 is 0 Å². The summed E-state index contributed by atoms with van der Waals surface area (Å²) in [7, 11) is 0. The van der Waals surface area contributed by atoms with E-state index in [1.807, 2.05) is 6.07 Å². The van der Waals surface area contributed by atoms with E-state index in [4.69, 9.17) is 5.73 Å². The van der Waals surface area contributed by atoms with Crippen LogP contribution < -0.4 is 11.1 Å². The smallest absolute Gasteiger partial charge is 0.229 e.